The molecule has 1 aromatic carbocycles. The van der Waals surface area contributed by atoms with Crippen LogP contribution in [-0.4, -0.2) is 57.6 Å². The molecular weight excluding hydrogens is 382 g/mol. The summed E-state index contributed by atoms with van der Waals surface area (Å²) in [5, 5.41) is 0. The lowest BCUT2D eigenvalue weighted by molar-refractivity contribution is -0.131. The molecule has 2 aliphatic rings. The predicted molar refractivity (Wildman–Crippen MR) is 98.3 cm³/mol. The predicted octanol–water partition coefficient (Wildman–Crippen LogP) is 0.496. The van der Waals surface area contributed by atoms with Crippen LogP contribution in [0.2, 0.25) is 0 Å². The van der Waals surface area contributed by atoms with E-state index in [1.54, 1.807) is 11.0 Å². The number of hydrogen-bond donors (Lipinski definition) is 2. The van der Waals surface area contributed by atoms with Crippen LogP contribution in [0.5, 0.6) is 11.5 Å². The molecule has 0 spiro atoms. The fourth-order valence-corrected chi connectivity index (χ4v) is 4.14. The van der Waals surface area contributed by atoms with E-state index in [9.17, 15) is 13.2 Å². The van der Waals surface area contributed by atoms with Gasteiger partial charge in [0, 0.05) is 31.6 Å². The van der Waals surface area contributed by atoms with Crippen LogP contribution in [0, 0.1) is 0 Å². The monoisotopic (exact) mass is 405 g/mol. The molecule has 146 valence electrons. The summed E-state index contributed by atoms with van der Waals surface area (Å²) in [7, 11) is -3.86. The van der Waals surface area contributed by atoms with Crippen molar-refractivity contribution < 1.29 is 22.7 Å². The molecule has 2 aliphatic heterocycles. The number of nitrogens with zero attached hydrogens (tertiary/aromatic N) is 1. The number of hydrogen-bond acceptors (Lipinski definition) is 6. The normalized spacial score (nSPS) is 20.8. The van der Waals surface area contributed by atoms with E-state index in [1.165, 1.54) is 19.1 Å². The zero-order chi connectivity index (χ0) is 18.0. The molecule has 0 aliphatic carbocycles. The van der Waals surface area contributed by atoms with Crippen molar-refractivity contribution in [2.75, 3.05) is 26.3 Å². The molecule has 3 rings (SSSR count). The average molecular weight is 406 g/mol. The van der Waals surface area contributed by atoms with Crippen molar-refractivity contribution in [2.45, 2.75) is 36.7 Å². The Labute approximate surface area is 159 Å². The van der Waals surface area contributed by atoms with E-state index in [0.717, 1.165) is 12.8 Å². The Hall–Kier alpha value is -1.55. The van der Waals surface area contributed by atoms with Crippen LogP contribution in [0.1, 0.15) is 19.8 Å². The molecule has 0 saturated carbocycles. The zero-order valence-corrected chi connectivity index (χ0v) is 16.1. The SMILES string of the molecule is CC(NS(=O)(=O)c1ccc2c(c1)OCCCO2)C(=O)N1CC[C@@H](N)C1.Cl. The standard InChI is InChI=1S/C16H23N3O5S.ClH/c1-11(16(20)19-6-5-12(17)10-19)18-25(21,22)13-3-4-14-15(9-13)24-8-2-7-23-14;/h3-4,9,11-12,18H,2,5-8,10,17H2,1H3;1H/t11?,12-;/m1./s1. The Kier molecular flexibility index (Phi) is 6.73. The summed E-state index contributed by atoms with van der Waals surface area (Å²) in [5.41, 5.74) is 5.80. The van der Waals surface area contributed by atoms with Crippen LogP contribution in [-0.2, 0) is 14.8 Å². The van der Waals surface area contributed by atoms with Crippen LogP contribution >= 0.6 is 12.4 Å². The third kappa shape index (κ3) is 4.59. The van der Waals surface area contributed by atoms with Crippen LogP contribution in [0.25, 0.3) is 0 Å². The van der Waals surface area contributed by atoms with Crippen LogP contribution in [0.3, 0.4) is 0 Å². The van der Waals surface area contributed by atoms with Gasteiger partial charge in [-0.2, -0.15) is 4.72 Å². The first-order chi connectivity index (χ1) is 11.9. The molecule has 1 amide bonds. The molecule has 8 nitrogen and oxygen atoms in total. The topological polar surface area (TPSA) is 111 Å². The molecule has 1 saturated heterocycles. The number of ether oxygens (including phenoxy) is 2. The van der Waals surface area contributed by atoms with Gasteiger partial charge in [0.1, 0.15) is 0 Å². The van der Waals surface area contributed by atoms with Gasteiger partial charge in [0.2, 0.25) is 15.9 Å². The highest BCUT2D eigenvalue weighted by Gasteiger charge is 2.30. The number of likely N-dealkylation sites (tertiary alicyclic amines) is 1. The molecule has 0 radical (unpaired) electrons. The van der Waals surface area contributed by atoms with E-state index in [4.69, 9.17) is 15.2 Å². The minimum atomic E-state index is -3.86. The van der Waals surface area contributed by atoms with Gasteiger partial charge < -0.3 is 20.1 Å². The number of halogens is 1. The molecule has 0 aromatic heterocycles. The van der Waals surface area contributed by atoms with Gasteiger partial charge in [0.05, 0.1) is 24.2 Å². The second-order valence-corrected chi connectivity index (χ2v) is 8.05. The van der Waals surface area contributed by atoms with Gasteiger partial charge in [0.25, 0.3) is 0 Å². The lowest BCUT2D eigenvalue weighted by atomic mass is 10.3. The summed E-state index contributed by atoms with van der Waals surface area (Å²) in [6.07, 6.45) is 1.46. The molecule has 3 N–H and O–H groups in total. The fourth-order valence-electron chi connectivity index (χ4n) is 2.92. The maximum Gasteiger partial charge on any atom is 0.241 e. The highest BCUT2D eigenvalue weighted by molar-refractivity contribution is 7.89. The fraction of sp³-hybridized carbons (Fsp3) is 0.562. The summed E-state index contributed by atoms with van der Waals surface area (Å²) >= 11 is 0. The number of benzene rings is 1. The quantitative estimate of drug-likeness (QED) is 0.754. The third-order valence-electron chi connectivity index (χ3n) is 4.27. The molecule has 0 bridgehead atoms. The molecule has 1 fully saturated rings. The minimum Gasteiger partial charge on any atom is -0.490 e. The average Bonchev–Trinajstić information content (AvgIpc) is 2.87. The number of nitrogens with two attached hydrogens (primary N) is 1. The first-order valence-corrected chi connectivity index (χ1v) is 9.81. The Morgan fingerprint density at radius 1 is 1.31 bits per heavy atom. The Morgan fingerprint density at radius 2 is 2.00 bits per heavy atom. The van der Waals surface area contributed by atoms with Gasteiger partial charge in [-0.15, -0.1) is 12.4 Å². The molecule has 1 unspecified atom stereocenters. The van der Waals surface area contributed by atoms with E-state index in [1.807, 2.05) is 0 Å². The lowest BCUT2D eigenvalue weighted by Gasteiger charge is -2.21. The third-order valence-corrected chi connectivity index (χ3v) is 5.81. The summed E-state index contributed by atoms with van der Waals surface area (Å²) in [6, 6.07) is 3.52. The molecule has 2 atom stereocenters. The van der Waals surface area contributed by atoms with Crippen LogP contribution in [0.4, 0.5) is 0 Å². The van der Waals surface area contributed by atoms with Crippen molar-refractivity contribution in [1.82, 2.24) is 9.62 Å². The van der Waals surface area contributed by atoms with E-state index in [2.05, 4.69) is 4.72 Å². The molecule has 1 aromatic rings. The number of sulfonamides is 1. The minimum absolute atomic E-state index is 0. The highest BCUT2D eigenvalue weighted by atomic mass is 35.5. The molecule has 2 heterocycles. The second-order valence-electron chi connectivity index (χ2n) is 6.34. The Bertz CT molecular complexity index is 758. The van der Waals surface area contributed by atoms with Gasteiger partial charge in [-0.1, -0.05) is 0 Å². The second kappa shape index (κ2) is 8.43. The largest absolute Gasteiger partial charge is 0.490 e. The maximum atomic E-state index is 12.6. The van der Waals surface area contributed by atoms with Gasteiger partial charge in [-0.3, -0.25) is 4.79 Å². The molecule has 26 heavy (non-hydrogen) atoms. The Morgan fingerprint density at radius 3 is 2.65 bits per heavy atom. The number of fused-ring (bicyclic) bond motifs is 1. The number of carbonyl (C=O) groups excluding carboxylic acids is 1. The van der Waals surface area contributed by atoms with Crippen molar-refractivity contribution >= 4 is 28.3 Å². The summed E-state index contributed by atoms with van der Waals surface area (Å²) in [4.78, 5) is 14.0. The van der Waals surface area contributed by atoms with Gasteiger partial charge in [-0.25, -0.2) is 8.42 Å². The van der Waals surface area contributed by atoms with E-state index in [-0.39, 0.29) is 29.3 Å². The molecular formula is C16H24ClN3O5S. The van der Waals surface area contributed by atoms with Crippen LogP contribution in [0.15, 0.2) is 23.1 Å². The van der Waals surface area contributed by atoms with E-state index >= 15 is 0 Å². The van der Waals surface area contributed by atoms with Crippen molar-refractivity contribution in [1.29, 1.82) is 0 Å². The summed E-state index contributed by atoms with van der Waals surface area (Å²) in [5.74, 6) is 0.641. The van der Waals surface area contributed by atoms with Gasteiger partial charge >= 0.3 is 0 Å². The first-order valence-electron chi connectivity index (χ1n) is 8.33. The van der Waals surface area contributed by atoms with E-state index < -0.39 is 16.1 Å². The summed E-state index contributed by atoms with van der Waals surface area (Å²) < 4.78 is 38.6. The zero-order valence-electron chi connectivity index (χ0n) is 14.5. The first kappa shape index (κ1) is 20.8. The van der Waals surface area contributed by atoms with Crippen molar-refractivity contribution in [3.63, 3.8) is 0 Å². The number of carbonyl (C=O) groups is 1. The van der Waals surface area contributed by atoms with E-state index in [0.29, 0.717) is 37.8 Å². The smallest absolute Gasteiger partial charge is 0.241 e. The van der Waals surface area contributed by atoms with Crippen molar-refractivity contribution in [2.24, 2.45) is 5.73 Å². The number of nitrogens with one attached hydrogen (secondary N) is 1. The van der Waals surface area contributed by atoms with Crippen LogP contribution < -0.4 is 19.9 Å². The maximum absolute atomic E-state index is 12.6. The Balaban J connectivity index is 0.00000243. The van der Waals surface area contributed by atoms with Crippen molar-refractivity contribution in [3.8, 4) is 11.5 Å². The number of rotatable bonds is 4. The number of amides is 1. The van der Waals surface area contributed by atoms with Crippen molar-refractivity contribution in [3.05, 3.63) is 18.2 Å². The lowest BCUT2D eigenvalue weighted by Crippen LogP contribution is -2.46. The summed E-state index contributed by atoms with van der Waals surface area (Å²) in [6.45, 7) is 3.53. The van der Waals surface area contributed by atoms with Gasteiger partial charge in [-0.05, 0) is 25.5 Å². The van der Waals surface area contributed by atoms with Gasteiger partial charge in [0.15, 0.2) is 11.5 Å². The molecule has 10 heteroatoms. The highest BCUT2D eigenvalue weighted by Crippen LogP contribution is 2.31.